The molecule has 0 aliphatic rings. The molecule has 0 amide bonds. The van der Waals surface area contributed by atoms with Gasteiger partial charge in [-0.15, -0.1) is 11.8 Å². The van der Waals surface area contributed by atoms with E-state index in [0.29, 0.717) is 11.3 Å². The van der Waals surface area contributed by atoms with Gasteiger partial charge in [0.15, 0.2) is 0 Å². The molecule has 6 heteroatoms. The predicted molar refractivity (Wildman–Crippen MR) is 72.7 cm³/mol. The number of thioether (sulfide) groups is 1. The molecule has 0 bridgehead atoms. The van der Waals surface area contributed by atoms with Gasteiger partial charge in [-0.2, -0.15) is 13.2 Å². The molecule has 1 N–H and O–H groups in total. The van der Waals surface area contributed by atoms with E-state index in [0.717, 1.165) is 12.1 Å². The van der Waals surface area contributed by atoms with Crippen molar-refractivity contribution in [2.45, 2.75) is 49.1 Å². The number of benzene rings is 1. The van der Waals surface area contributed by atoms with Gasteiger partial charge < -0.3 is 5.11 Å². The number of alkyl halides is 3. The van der Waals surface area contributed by atoms with Crippen molar-refractivity contribution < 1.29 is 23.1 Å². The van der Waals surface area contributed by atoms with Crippen molar-refractivity contribution in [1.82, 2.24) is 0 Å². The summed E-state index contributed by atoms with van der Waals surface area (Å²) < 4.78 is 37.2. The van der Waals surface area contributed by atoms with Crippen molar-refractivity contribution in [3.8, 4) is 0 Å². The first-order chi connectivity index (χ1) is 9.18. The van der Waals surface area contributed by atoms with Gasteiger partial charge in [0.05, 0.1) is 11.7 Å². The molecule has 20 heavy (non-hydrogen) atoms. The molecule has 0 spiro atoms. The van der Waals surface area contributed by atoms with Crippen molar-refractivity contribution in [1.29, 1.82) is 0 Å². The van der Waals surface area contributed by atoms with E-state index < -0.39 is 17.8 Å². The molecule has 2 unspecified atom stereocenters. The summed E-state index contributed by atoms with van der Waals surface area (Å²) in [7, 11) is 0. The molecular formula is C14H17F3O2S. The third-order valence-electron chi connectivity index (χ3n) is 2.65. The molecule has 1 aromatic carbocycles. The summed E-state index contributed by atoms with van der Waals surface area (Å²) in [5, 5.41) is 9.65. The molecule has 1 aromatic rings. The van der Waals surface area contributed by atoms with Crippen LogP contribution in [0.3, 0.4) is 0 Å². The van der Waals surface area contributed by atoms with Crippen LogP contribution >= 0.6 is 11.8 Å². The van der Waals surface area contributed by atoms with Crippen LogP contribution in [0.4, 0.5) is 13.2 Å². The first kappa shape index (κ1) is 17.0. The average molecular weight is 306 g/mol. The number of aliphatic hydroxyl groups is 1. The quantitative estimate of drug-likeness (QED) is 0.810. The van der Waals surface area contributed by atoms with Gasteiger partial charge in [-0.1, -0.05) is 6.92 Å². The van der Waals surface area contributed by atoms with E-state index in [1.807, 2.05) is 6.92 Å². The fraction of sp³-hybridized carbons (Fsp3) is 0.500. The van der Waals surface area contributed by atoms with Crippen LogP contribution in [0.5, 0.6) is 0 Å². The summed E-state index contributed by atoms with van der Waals surface area (Å²) in [4.78, 5) is 11.6. The molecule has 0 aliphatic carbocycles. The maximum absolute atomic E-state index is 12.4. The van der Waals surface area contributed by atoms with Crippen LogP contribution in [0.25, 0.3) is 0 Å². The summed E-state index contributed by atoms with van der Waals surface area (Å²) in [6, 6.07) is 4.92. The number of carbonyl (C=O) groups is 1. The summed E-state index contributed by atoms with van der Waals surface area (Å²) in [5.74, 6) is -0.0794. The van der Waals surface area contributed by atoms with Gasteiger partial charge in [-0.3, -0.25) is 4.79 Å². The third kappa shape index (κ3) is 5.96. The zero-order valence-corrected chi connectivity index (χ0v) is 12.1. The van der Waals surface area contributed by atoms with Crippen molar-refractivity contribution in [2.75, 3.05) is 0 Å². The number of Topliss-reactive ketones (excluding diaryl/α,β-unsaturated/α-hetero) is 1. The minimum atomic E-state index is -4.33. The van der Waals surface area contributed by atoms with Crippen LogP contribution in [0.15, 0.2) is 29.2 Å². The molecule has 112 valence electrons. The Morgan fingerprint density at radius 3 is 2.30 bits per heavy atom. The number of aliphatic hydroxyl groups excluding tert-OH is 1. The zero-order valence-electron chi connectivity index (χ0n) is 11.3. The van der Waals surface area contributed by atoms with Crippen LogP contribution in [0, 0.1) is 0 Å². The minimum absolute atomic E-state index is 0.0149. The topological polar surface area (TPSA) is 37.3 Å². The average Bonchev–Trinajstić information content (AvgIpc) is 2.26. The maximum Gasteiger partial charge on any atom is 0.416 e. The summed E-state index contributed by atoms with van der Waals surface area (Å²) >= 11 is 1.38. The number of hydrogen-bond acceptors (Lipinski definition) is 3. The zero-order chi connectivity index (χ0) is 15.3. The van der Waals surface area contributed by atoms with Crippen LogP contribution in [0.2, 0.25) is 0 Å². The number of halogens is 3. The Hall–Kier alpha value is -1.01. The van der Waals surface area contributed by atoms with Crippen molar-refractivity contribution >= 4 is 17.5 Å². The SMILES string of the molecule is CC(=O)CC(O)CC(C)Sc1ccc(C(F)(F)F)cc1. The monoisotopic (exact) mass is 306 g/mol. The second-order valence-corrected chi connectivity index (χ2v) is 6.26. The van der Waals surface area contributed by atoms with Crippen molar-refractivity contribution in [3.63, 3.8) is 0 Å². The van der Waals surface area contributed by atoms with E-state index in [2.05, 4.69) is 0 Å². The highest BCUT2D eigenvalue weighted by atomic mass is 32.2. The fourth-order valence-electron chi connectivity index (χ4n) is 1.80. The Morgan fingerprint density at radius 1 is 1.30 bits per heavy atom. The van der Waals surface area contributed by atoms with E-state index in [-0.39, 0.29) is 17.5 Å². The van der Waals surface area contributed by atoms with Crippen LogP contribution in [-0.4, -0.2) is 22.2 Å². The smallest absolute Gasteiger partial charge is 0.393 e. The Bertz CT molecular complexity index is 443. The first-order valence-electron chi connectivity index (χ1n) is 6.20. The normalized spacial score (nSPS) is 14.9. The minimum Gasteiger partial charge on any atom is -0.393 e. The molecule has 0 aromatic heterocycles. The predicted octanol–water partition coefficient (Wildman–Crippen LogP) is 3.92. The Morgan fingerprint density at radius 2 is 1.85 bits per heavy atom. The molecule has 1 rings (SSSR count). The highest BCUT2D eigenvalue weighted by Gasteiger charge is 2.30. The Kier molecular flexibility index (Phi) is 6.07. The molecule has 2 atom stereocenters. The fourth-order valence-corrected chi connectivity index (χ4v) is 2.88. The molecule has 0 aliphatic heterocycles. The number of rotatable bonds is 6. The van der Waals surface area contributed by atoms with Crippen molar-refractivity contribution in [3.05, 3.63) is 29.8 Å². The molecule has 0 radical (unpaired) electrons. The van der Waals surface area contributed by atoms with E-state index in [9.17, 15) is 23.1 Å². The largest absolute Gasteiger partial charge is 0.416 e. The second-order valence-electron chi connectivity index (χ2n) is 4.75. The lowest BCUT2D eigenvalue weighted by molar-refractivity contribution is -0.137. The van der Waals surface area contributed by atoms with Crippen LogP contribution in [-0.2, 0) is 11.0 Å². The molecule has 0 saturated heterocycles. The van der Waals surface area contributed by atoms with E-state index in [1.165, 1.54) is 30.8 Å². The summed E-state index contributed by atoms with van der Waals surface area (Å²) in [6.45, 7) is 3.28. The molecular weight excluding hydrogens is 289 g/mol. The summed E-state index contributed by atoms with van der Waals surface area (Å²) in [5.41, 5.74) is -0.675. The van der Waals surface area contributed by atoms with E-state index in [4.69, 9.17) is 0 Å². The number of carbonyl (C=O) groups excluding carboxylic acids is 1. The lowest BCUT2D eigenvalue weighted by atomic mass is 10.1. The molecule has 2 nitrogen and oxygen atoms in total. The lowest BCUT2D eigenvalue weighted by Crippen LogP contribution is -2.16. The van der Waals surface area contributed by atoms with E-state index >= 15 is 0 Å². The summed E-state index contributed by atoms with van der Waals surface area (Å²) in [6.07, 6.45) is -4.50. The number of ketones is 1. The Balaban J connectivity index is 2.54. The highest BCUT2D eigenvalue weighted by molar-refractivity contribution is 7.99. The van der Waals surface area contributed by atoms with Gasteiger partial charge in [0.1, 0.15) is 5.78 Å². The highest BCUT2D eigenvalue weighted by Crippen LogP contribution is 2.32. The van der Waals surface area contributed by atoms with Crippen LogP contribution < -0.4 is 0 Å². The van der Waals surface area contributed by atoms with E-state index in [1.54, 1.807) is 0 Å². The van der Waals surface area contributed by atoms with Gasteiger partial charge >= 0.3 is 6.18 Å². The first-order valence-corrected chi connectivity index (χ1v) is 7.08. The van der Waals surface area contributed by atoms with Crippen LogP contribution in [0.1, 0.15) is 32.3 Å². The van der Waals surface area contributed by atoms with Gasteiger partial charge in [0.25, 0.3) is 0 Å². The van der Waals surface area contributed by atoms with Gasteiger partial charge in [-0.05, 0) is 37.6 Å². The van der Waals surface area contributed by atoms with Crippen molar-refractivity contribution in [2.24, 2.45) is 0 Å². The molecule has 0 fully saturated rings. The third-order valence-corrected chi connectivity index (χ3v) is 3.79. The van der Waals surface area contributed by atoms with Gasteiger partial charge in [0.2, 0.25) is 0 Å². The lowest BCUT2D eigenvalue weighted by Gasteiger charge is -2.15. The maximum atomic E-state index is 12.4. The van der Waals surface area contributed by atoms with Gasteiger partial charge in [-0.25, -0.2) is 0 Å². The number of hydrogen-bond donors (Lipinski definition) is 1. The second kappa shape index (κ2) is 7.13. The molecule has 0 saturated carbocycles. The Labute approximate surface area is 120 Å². The standard InChI is InChI=1S/C14H17F3O2S/c1-9(18)7-12(19)8-10(2)20-13-5-3-11(4-6-13)14(15,16)17/h3-6,10,12,19H,7-8H2,1-2H3. The van der Waals surface area contributed by atoms with Gasteiger partial charge in [0, 0.05) is 16.6 Å². The molecule has 0 heterocycles.